The van der Waals surface area contributed by atoms with Crippen LogP contribution >= 0.6 is 0 Å². The molecule has 5 rings (SSSR count). The van der Waals surface area contributed by atoms with Crippen LogP contribution in [0.25, 0.3) is 10.8 Å². The monoisotopic (exact) mass is 419 g/mol. The lowest BCUT2D eigenvalue weighted by molar-refractivity contribution is -0.131. The molecule has 3 heterocycles. The van der Waals surface area contributed by atoms with E-state index in [0.717, 1.165) is 22.0 Å². The Bertz CT molecular complexity index is 1150. The Labute approximate surface area is 179 Å². The number of aromatic nitrogens is 2. The highest BCUT2D eigenvalue weighted by molar-refractivity contribution is 5.95. The van der Waals surface area contributed by atoms with E-state index in [2.05, 4.69) is 26.5 Å². The van der Waals surface area contributed by atoms with Crippen molar-refractivity contribution in [3.63, 3.8) is 0 Å². The molecule has 2 fully saturated rings. The summed E-state index contributed by atoms with van der Waals surface area (Å²) < 4.78 is 1.62. The largest absolute Gasteiger partial charge is 0.321 e. The maximum atomic E-state index is 12.9. The van der Waals surface area contributed by atoms with Crippen LogP contribution in [0.2, 0.25) is 0 Å². The van der Waals surface area contributed by atoms with E-state index in [-0.39, 0.29) is 30.3 Å². The molecule has 0 radical (unpaired) electrons. The van der Waals surface area contributed by atoms with Crippen LogP contribution in [0.1, 0.15) is 17.5 Å². The molecular weight excluding hydrogens is 394 g/mol. The first-order valence-electron chi connectivity index (χ1n) is 10.3. The number of benzene rings is 2. The predicted octanol–water partition coefficient (Wildman–Crippen LogP) is 1.09. The van der Waals surface area contributed by atoms with Crippen molar-refractivity contribution in [2.24, 2.45) is 5.92 Å². The summed E-state index contributed by atoms with van der Waals surface area (Å²) in [5.74, 6) is 0.166. The van der Waals surface area contributed by atoms with Gasteiger partial charge in [-0.1, -0.05) is 42.5 Å². The molecule has 0 saturated carbocycles. The second kappa shape index (κ2) is 7.77. The van der Waals surface area contributed by atoms with Crippen molar-refractivity contribution < 1.29 is 9.59 Å². The number of carbonyl (C=O) groups excluding carboxylic acids is 2. The van der Waals surface area contributed by atoms with E-state index in [1.165, 1.54) is 0 Å². The predicted molar refractivity (Wildman–Crippen MR) is 117 cm³/mol. The fourth-order valence-corrected chi connectivity index (χ4v) is 4.38. The van der Waals surface area contributed by atoms with Gasteiger partial charge in [-0.2, -0.15) is 5.10 Å². The normalized spacial score (nSPS) is 23.5. The summed E-state index contributed by atoms with van der Waals surface area (Å²) in [6, 6.07) is 15.8. The van der Waals surface area contributed by atoms with Crippen LogP contribution in [0.5, 0.6) is 0 Å². The number of anilines is 1. The molecule has 1 aromatic heterocycles. The topological polar surface area (TPSA) is 103 Å². The number of hydrogen-bond donors (Lipinski definition) is 4. The van der Waals surface area contributed by atoms with E-state index in [0.29, 0.717) is 12.4 Å². The summed E-state index contributed by atoms with van der Waals surface area (Å²) >= 11 is 0. The number of hydrogen-bond acceptors (Lipinski definition) is 6. The van der Waals surface area contributed by atoms with Gasteiger partial charge in [-0.3, -0.25) is 20.3 Å². The number of carbonyl (C=O) groups is 2. The van der Waals surface area contributed by atoms with Crippen molar-refractivity contribution in [3.05, 3.63) is 59.8 Å². The molecule has 2 amide bonds. The number of rotatable bonds is 4. The summed E-state index contributed by atoms with van der Waals surface area (Å²) in [5, 5.41) is 17.9. The zero-order chi connectivity index (χ0) is 21.5. The Morgan fingerprint density at radius 3 is 2.90 bits per heavy atom. The summed E-state index contributed by atoms with van der Waals surface area (Å²) in [6.45, 7) is 2.44. The number of fused-ring (bicyclic) bond motifs is 2. The minimum Gasteiger partial charge on any atom is -0.321 e. The molecule has 3 aromatic rings. The molecule has 3 atom stereocenters. The van der Waals surface area contributed by atoms with Crippen LogP contribution in [0.15, 0.2) is 48.5 Å². The average Bonchev–Trinajstić information content (AvgIpc) is 3.31. The van der Waals surface area contributed by atoms with Gasteiger partial charge in [0.05, 0.1) is 24.2 Å². The van der Waals surface area contributed by atoms with Gasteiger partial charge < -0.3 is 10.6 Å². The Hall–Kier alpha value is -3.27. The highest BCUT2D eigenvalue weighted by Crippen LogP contribution is 2.24. The Kier molecular flexibility index (Phi) is 4.93. The van der Waals surface area contributed by atoms with Gasteiger partial charge in [-0.25, -0.2) is 9.69 Å². The van der Waals surface area contributed by atoms with Crippen LogP contribution < -0.4 is 21.4 Å². The zero-order valence-corrected chi connectivity index (χ0v) is 17.4. The SMILES string of the molecule is Cc1cc(NC(=O)Cc2cccc3ccccc23)n(C2NC(=O)C3CNN(C)C3N2)n1. The zero-order valence-electron chi connectivity index (χ0n) is 17.4. The molecule has 160 valence electrons. The summed E-state index contributed by atoms with van der Waals surface area (Å²) in [5.41, 5.74) is 4.88. The van der Waals surface area contributed by atoms with Crippen LogP contribution in [-0.2, 0) is 16.0 Å². The van der Waals surface area contributed by atoms with Crippen LogP contribution in [-0.4, -0.2) is 46.4 Å². The van der Waals surface area contributed by atoms with E-state index < -0.39 is 6.29 Å². The Balaban J connectivity index is 1.36. The lowest BCUT2D eigenvalue weighted by atomic mass is 10.0. The fourth-order valence-electron chi connectivity index (χ4n) is 4.38. The van der Waals surface area contributed by atoms with Crippen LogP contribution in [0.3, 0.4) is 0 Å². The lowest BCUT2D eigenvalue weighted by Gasteiger charge is -2.35. The molecule has 2 aliphatic heterocycles. The first-order valence-corrected chi connectivity index (χ1v) is 10.3. The van der Waals surface area contributed by atoms with E-state index in [1.807, 2.05) is 61.4 Å². The van der Waals surface area contributed by atoms with Crippen molar-refractivity contribution in [1.82, 2.24) is 30.8 Å². The van der Waals surface area contributed by atoms with Gasteiger partial charge in [0.25, 0.3) is 0 Å². The molecule has 9 heteroatoms. The quantitative estimate of drug-likeness (QED) is 0.505. The molecule has 2 aromatic carbocycles. The smallest absolute Gasteiger partial charge is 0.230 e. The van der Waals surface area contributed by atoms with Crippen LogP contribution in [0.4, 0.5) is 5.82 Å². The minimum absolute atomic E-state index is 0.0493. The first kappa shape index (κ1) is 19.7. The molecule has 4 N–H and O–H groups in total. The van der Waals surface area contributed by atoms with Gasteiger partial charge in [0, 0.05) is 19.7 Å². The lowest BCUT2D eigenvalue weighted by Crippen LogP contribution is -2.61. The van der Waals surface area contributed by atoms with Gasteiger partial charge >= 0.3 is 0 Å². The molecule has 0 aliphatic carbocycles. The summed E-state index contributed by atoms with van der Waals surface area (Å²) in [6.07, 6.45) is -0.465. The second-order valence-corrected chi connectivity index (χ2v) is 8.08. The highest BCUT2D eigenvalue weighted by atomic mass is 16.2. The number of amides is 2. The Morgan fingerprint density at radius 1 is 1.23 bits per heavy atom. The van der Waals surface area contributed by atoms with Gasteiger partial charge in [0.2, 0.25) is 11.8 Å². The molecule has 31 heavy (non-hydrogen) atoms. The molecule has 2 aliphatic rings. The van der Waals surface area contributed by atoms with Crippen LogP contribution in [0, 0.1) is 12.8 Å². The van der Waals surface area contributed by atoms with E-state index in [9.17, 15) is 9.59 Å². The molecule has 3 unspecified atom stereocenters. The number of nitrogens with one attached hydrogen (secondary N) is 4. The van der Waals surface area contributed by atoms with Crippen molar-refractivity contribution in [2.75, 3.05) is 18.9 Å². The molecular formula is C22H25N7O2. The van der Waals surface area contributed by atoms with Crippen molar-refractivity contribution in [3.8, 4) is 0 Å². The third-order valence-electron chi connectivity index (χ3n) is 5.90. The second-order valence-electron chi connectivity index (χ2n) is 8.08. The third kappa shape index (κ3) is 3.67. The first-order chi connectivity index (χ1) is 15.0. The maximum absolute atomic E-state index is 12.9. The van der Waals surface area contributed by atoms with Crippen molar-refractivity contribution in [2.45, 2.75) is 25.8 Å². The fraction of sp³-hybridized carbons (Fsp3) is 0.318. The van der Waals surface area contributed by atoms with Gasteiger partial charge in [0.15, 0.2) is 6.29 Å². The van der Waals surface area contributed by atoms with Gasteiger partial charge in [-0.05, 0) is 23.3 Å². The number of aryl methyl sites for hydroxylation is 1. The van der Waals surface area contributed by atoms with Gasteiger partial charge in [0.1, 0.15) is 5.82 Å². The Morgan fingerprint density at radius 2 is 2.03 bits per heavy atom. The minimum atomic E-state index is -0.558. The maximum Gasteiger partial charge on any atom is 0.230 e. The standard InChI is InChI=1S/C22H25N7O2/c1-13-10-18(24-19(30)11-15-8-5-7-14-6-3-4-9-16(14)15)29(27-13)22-25-20-17(21(31)26-22)12-23-28(20)2/h3-10,17,20,22-23,25H,11-12H2,1-2H3,(H,24,30)(H,26,31). The summed E-state index contributed by atoms with van der Waals surface area (Å²) in [4.78, 5) is 25.5. The van der Waals surface area contributed by atoms with Crippen molar-refractivity contribution >= 4 is 28.4 Å². The van der Waals surface area contributed by atoms with Gasteiger partial charge in [-0.15, -0.1) is 0 Å². The number of hydrazine groups is 1. The summed E-state index contributed by atoms with van der Waals surface area (Å²) in [7, 11) is 1.90. The molecule has 0 bridgehead atoms. The van der Waals surface area contributed by atoms with E-state index in [1.54, 1.807) is 10.7 Å². The van der Waals surface area contributed by atoms with E-state index >= 15 is 0 Å². The average molecular weight is 419 g/mol. The van der Waals surface area contributed by atoms with E-state index in [4.69, 9.17) is 0 Å². The highest BCUT2D eigenvalue weighted by Gasteiger charge is 2.43. The number of nitrogens with zero attached hydrogens (tertiary/aromatic N) is 3. The molecule has 2 saturated heterocycles. The molecule has 9 nitrogen and oxygen atoms in total. The van der Waals surface area contributed by atoms with Crippen molar-refractivity contribution in [1.29, 1.82) is 0 Å². The third-order valence-corrected chi connectivity index (χ3v) is 5.90. The molecule has 0 spiro atoms.